The number of hydrogen-bond acceptors (Lipinski definition) is 3. The highest BCUT2D eigenvalue weighted by atomic mass is 16.1. The maximum Gasteiger partial charge on any atom is 0.263 e. The maximum absolute atomic E-state index is 13.0. The van der Waals surface area contributed by atoms with Crippen molar-refractivity contribution in [2.24, 2.45) is 17.8 Å². The predicted molar refractivity (Wildman–Crippen MR) is 122 cm³/mol. The zero-order valence-electron chi connectivity index (χ0n) is 18.8. The van der Waals surface area contributed by atoms with E-state index in [4.69, 9.17) is 0 Å². The van der Waals surface area contributed by atoms with Crippen LogP contribution in [0.2, 0.25) is 0 Å². The number of fused-ring (bicyclic) bond motifs is 1. The van der Waals surface area contributed by atoms with Crippen molar-refractivity contribution in [3.8, 4) is 6.07 Å². The summed E-state index contributed by atoms with van der Waals surface area (Å²) in [5.74, 6) is 2.24. The maximum atomic E-state index is 13.0. The molecule has 4 heteroatoms. The molecule has 6 rings (SSSR count). The zero-order chi connectivity index (χ0) is 21.4. The van der Waals surface area contributed by atoms with Crippen LogP contribution >= 0.6 is 0 Å². The molecule has 1 aromatic carbocycles. The molecule has 2 N–H and O–H groups in total. The van der Waals surface area contributed by atoms with Gasteiger partial charge in [0.1, 0.15) is 11.6 Å². The molecule has 5 aliphatic carbocycles. The lowest BCUT2D eigenvalue weighted by Gasteiger charge is -2.56. The molecule has 1 amide bonds. The number of aryl methyl sites for hydroxylation is 2. The molecule has 0 aliphatic heterocycles. The van der Waals surface area contributed by atoms with Gasteiger partial charge in [-0.2, -0.15) is 5.26 Å². The first-order valence-electron chi connectivity index (χ1n) is 12.4. The highest BCUT2D eigenvalue weighted by Crippen LogP contribution is 2.55. The molecule has 0 saturated heterocycles. The molecule has 4 nitrogen and oxygen atoms in total. The van der Waals surface area contributed by atoms with E-state index < -0.39 is 0 Å². The minimum absolute atomic E-state index is 0.0592. The fraction of sp³-hybridized carbons (Fsp3) is 0.630. The van der Waals surface area contributed by atoms with Crippen LogP contribution < -0.4 is 10.6 Å². The van der Waals surface area contributed by atoms with Crippen molar-refractivity contribution in [3.63, 3.8) is 0 Å². The molecule has 1 aromatic rings. The van der Waals surface area contributed by atoms with E-state index in [0.717, 1.165) is 42.6 Å². The highest BCUT2D eigenvalue weighted by molar-refractivity contribution is 5.97. The lowest BCUT2D eigenvalue weighted by molar-refractivity contribution is -0.117. The fourth-order valence-corrected chi connectivity index (χ4v) is 7.29. The van der Waals surface area contributed by atoms with Crippen LogP contribution in [0.1, 0.15) is 87.4 Å². The third-order valence-corrected chi connectivity index (χ3v) is 8.41. The van der Waals surface area contributed by atoms with E-state index in [0.29, 0.717) is 0 Å². The Bertz CT molecular complexity index is 890. The van der Waals surface area contributed by atoms with E-state index in [1.54, 1.807) is 6.20 Å². The Morgan fingerprint density at radius 1 is 1.13 bits per heavy atom. The molecule has 4 bridgehead atoms. The SMILES string of the molecule is CCC(NC(=O)/C(C#N)=C\NC12CC3CC(CC(C3)C1)C2)c1ccc2c(c1)CCCC2. The second-order valence-electron chi connectivity index (χ2n) is 10.7. The van der Waals surface area contributed by atoms with E-state index in [1.165, 1.54) is 62.5 Å². The van der Waals surface area contributed by atoms with E-state index in [2.05, 4.69) is 41.8 Å². The van der Waals surface area contributed by atoms with Crippen LogP contribution in [0.5, 0.6) is 0 Å². The lowest BCUT2D eigenvalue weighted by atomic mass is 9.53. The van der Waals surface area contributed by atoms with Gasteiger partial charge in [-0.3, -0.25) is 4.79 Å². The Morgan fingerprint density at radius 2 is 1.77 bits per heavy atom. The van der Waals surface area contributed by atoms with Crippen LogP contribution in [0.3, 0.4) is 0 Å². The van der Waals surface area contributed by atoms with Gasteiger partial charge in [0, 0.05) is 11.7 Å². The van der Waals surface area contributed by atoms with Crippen molar-refractivity contribution < 1.29 is 4.79 Å². The number of rotatable bonds is 6. The number of hydrogen-bond donors (Lipinski definition) is 2. The van der Waals surface area contributed by atoms with Crippen molar-refractivity contribution in [3.05, 3.63) is 46.7 Å². The van der Waals surface area contributed by atoms with Crippen LogP contribution in [-0.4, -0.2) is 11.4 Å². The molecule has 31 heavy (non-hydrogen) atoms. The fourth-order valence-electron chi connectivity index (χ4n) is 7.29. The van der Waals surface area contributed by atoms with Gasteiger partial charge in [0.25, 0.3) is 5.91 Å². The Morgan fingerprint density at radius 3 is 2.39 bits per heavy atom. The summed E-state index contributed by atoms with van der Waals surface area (Å²) < 4.78 is 0. The number of amides is 1. The Balaban J connectivity index is 1.27. The van der Waals surface area contributed by atoms with Gasteiger partial charge < -0.3 is 10.6 Å². The standard InChI is InChI=1S/C27H35N3O/c1-2-25(23-8-7-21-5-3-4-6-22(21)12-23)30-26(31)24(16-28)17-29-27-13-18-9-19(14-27)11-20(10-18)15-27/h7-8,12,17-20,25,29H,2-6,9-11,13-15H2,1H3,(H,30,31)/b24-17-. The van der Waals surface area contributed by atoms with Gasteiger partial charge in [-0.15, -0.1) is 0 Å². The second-order valence-corrected chi connectivity index (χ2v) is 10.7. The topological polar surface area (TPSA) is 64.9 Å². The second kappa shape index (κ2) is 8.34. The van der Waals surface area contributed by atoms with Crippen LogP contribution in [0, 0.1) is 29.1 Å². The smallest absolute Gasteiger partial charge is 0.263 e. The molecule has 1 unspecified atom stereocenters. The predicted octanol–water partition coefficient (Wildman–Crippen LogP) is 5.10. The summed E-state index contributed by atoms with van der Waals surface area (Å²) >= 11 is 0. The van der Waals surface area contributed by atoms with E-state index >= 15 is 0 Å². The van der Waals surface area contributed by atoms with Crippen molar-refractivity contribution in [2.45, 2.75) is 89.1 Å². The number of benzene rings is 1. The first-order chi connectivity index (χ1) is 15.1. The van der Waals surface area contributed by atoms with Crippen LogP contribution in [0.4, 0.5) is 0 Å². The Labute approximate surface area is 186 Å². The first kappa shape index (κ1) is 20.6. The average molecular weight is 418 g/mol. The van der Waals surface area contributed by atoms with Crippen LogP contribution in [0.25, 0.3) is 0 Å². The number of carbonyl (C=O) groups is 1. The van der Waals surface area contributed by atoms with Crippen molar-refractivity contribution in [1.82, 2.24) is 10.6 Å². The number of nitrogens with zero attached hydrogens (tertiary/aromatic N) is 1. The molecule has 0 spiro atoms. The summed E-state index contributed by atoms with van der Waals surface area (Å²) in [7, 11) is 0. The van der Waals surface area contributed by atoms with Crippen molar-refractivity contribution >= 4 is 5.91 Å². The minimum Gasteiger partial charge on any atom is -0.384 e. The summed E-state index contributed by atoms with van der Waals surface area (Å²) in [6.07, 6.45) is 15.1. The quantitative estimate of drug-likeness (QED) is 0.500. The Hall–Kier alpha value is -2.28. The number of nitriles is 1. The number of carbonyl (C=O) groups excluding carboxylic acids is 1. The molecule has 5 aliphatic rings. The normalized spacial score (nSPS) is 32.1. The minimum atomic E-state index is -0.260. The third kappa shape index (κ3) is 4.12. The van der Waals surface area contributed by atoms with Crippen molar-refractivity contribution in [2.75, 3.05) is 0 Å². The van der Waals surface area contributed by atoms with Gasteiger partial charge in [-0.05, 0) is 105 Å². The monoisotopic (exact) mass is 417 g/mol. The molecule has 0 radical (unpaired) electrons. The molecule has 0 heterocycles. The molecule has 4 fully saturated rings. The molecule has 164 valence electrons. The van der Waals surface area contributed by atoms with Crippen LogP contribution in [-0.2, 0) is 17.6 Å². The average Bonchev–Trinajstić information content (AvgIpc) is 2.76. The lowest BCUT2D eigenvalue weighted by Crippen LogP contribution is -2.57. The number of nitrogens with one attached hydrogen (secondary N) is 2. The molecule has 1 atom stereocenters. The summed E-state index contributed by atoms with van der Waals surface area (Å²) in [6, 6.07) is 8.75. The first-order valence-corrected chi connectivity index (χ1v) is 12.4. The van der Waals surface area contributed by atoms with Gasteiger partial charge >= 0.3 is 0 Å². The van der Waals surface area contributed by atoms with Crippen LogP contribution in [0.15, 0.2) is 30.0 Å². The van der Waals surface area contributed by atoms with Gasteiger partial charge in [0.2, 0.25) is 0 Å². The van der Waals surface area contributed by atoms with Crippen molar-refractivity contribution in [1.29, 1.82) is 5.26 Å². The van der Waals surface area contributed by atoms with E-state index in [-0.39, 0.29) is 23.1 Å². The molecular formula is C27H35N3O. The summed E-state index contributed by atoms with van der Waals surface area (Å²) in [5.41, 5.74) is 4.35. The molecular weight excluding hydrogens is 382 g/mol. The van der Waals surface area contributed by atoms with Gasteiger partial charge in [0.15, 0.2) is 0 Å². The zero-order valence-corrected chi connectivity index (χ0v) is 18.8. The van der Waals surface area contributed by atoms with Gasteiger partial charge in [-0.1, -0.05) is 25.1 Å². The molecule has 0 aromatic heterocycles. The van der Waals surface area contributed by atoms with Gasteiger partial charge in [-0.25, -0.2) is 0 Å². The third-order valence-electron chi connectivity index (χ3n) is 8.41. The molecule has 4 saturated carbocycles. The Kier molecular flexibility index (Phi) is 5.54. The highest BCUT2D eigenvalue weighted by Gasteiger charge is 2.50. The van der Waals surface area contributed by atoms with E-state index in [9.17, 15) is 10.1 Å². The largest absolute Gasteiger partial charge is 0.384 e. The van der Waals surface area contributed by atoms with Gasteiger partial charge in [0.05, 0.1) is 6.04 Å². The van der Waals surface area contributed by atoms with E-state index in [1.807, 2.05) is 0 Å². The summed E-state index contributed by atoms with van der Waals surface area (Å²) in [6.45, 7) is 2.09. The summed E-state index contributed by atoms with van der Waals surface area (Å²) in [5, 5.41) is 16.4. The summed E-state index contributed by atoms with van der Waals surface area (Å²) in [4.78, 5) is 13.0.